The van der Waals surface area contributed by atoms with Gasteiger partial charge in [-0.25, -0.2) is 9.59 Å². The van der Waals surface area contributed by atoms with Crippen LogP contribution in [0, 0.1) is 17.8 Å². The van der Waals surface area contributed by atoms with E-state index in [1.54, 1.807) is 45.2 Å². The minimum atomic E-state index is -1.87. The van der Waals surface area contributed by atoms with Gasteiger partial charge in [0, 0.05) is 71.0 Å². The number of benzene rings is 1. The number of amides is 5. The van der Waals surface area contributed by atoms with Gasteiger partial charge < -0.3 is 38.6 Å². The number of methoxy groups -OCH3 is 2. The van der Waals surface area contributed by atoms with Crippen molar-refractivity contribution in [2.24, 2.45) is 17.8 Å². The molecule has 1 aliphatic carbocycles. The number of likely N-dealkylation sites (N-methyl/N-ethyl adjacent to an activating group) is 1. The van der Waals surface area contributed by atoms with Crippen LogP contribution < -0.4 is 15.0 Å². The molecule has 4 bridgehead atoms. The van der Waals surface area contributed by atoms with Gasteiger partial charge in [-0.1, -0.05) is 49.2 Å². The highest BCUT2D eigenvalue weighted by Crippen LogP contribution is 2.49. The number of likely N-dealkylation sites (tertiary alicyclic amines) is 1. The highest BCUT2D eigenvalue weighted by Gasteiger charge is 2.64. The molecule has 5 aliphatic rings. The van der Waals surface area contributed by atoms with Gasteiger partial charge in [0.05, 0.1) is 30.6 Å². The summed E-state index contributed by atoms with van der Waals surface area (Å²) in [7, 11) is 5.91. The zero-order chi connectivity index (χ0) is 49.8. The van der Waals surface area contributed by atoms with Crippen LogP contribution in [0.15, 0.2) is 35.9 Å². The molecule has 3 saturated heterocycles. The smallest absolute Gasteiger partial charge is 0.409 e. The Hall–Kier alpha value is -4.49. The van der Waals surface area contributed by atoms with Crippen LogP contribution in [0.5, 0.6) is 5.75 Å². The molecule has 17 nitrogen and oxygen atoms in total. The lowest BCUT2D eigenvalue weighted by atomic mass is 9.79. The Morgan fingerprint density at radius 3 is 2.46 bits per heavy atom. The first-order chi connectivity index (χ1) is 32.1. The van der Waals surface area contributed by atoms with Crippen molar-refractivity contribution in [3.8, 4) is 5.75 Å². The fourth-order valence-corrected chi connectivity index (χ4v) is 11.3. The van der Waals surface area contributed by atoms with Crippen molar-refractivity contribution < 1.29 is 62.4 Å². The highest BCUT2D eigenvalue weighted by atomic mass is 35.5. The normalized spacial score (nSPS) is 32.8. The number of halogens is 1. The van der Waals surface area contributed by atoms with E-state index in [4.69, 9.17) is 35.3 Å². The molecular formula is C49H67ClN4O13S. The molecule has 9 atom stereocenters. The lowest BCUT2D eigenvalue weighted by Crippen LogP contribution is -2.63. The van der Waals surface area contributed by atoms with Crippen LogP contribution >= 0.6 is 23.4 Å². The third kappa shape index (κ3) is 11.7. The van der Waals surface area contributed by atoms with Crippen molar-refractivity contribution in [1.82, 2.24) is 15.1 Å². The first-order valence-corrected chi connectivity index (χ1v) is 24.9. The number of hydrogen-bond donors (Lipinski definition) is 2. The van der Waals surface area contributed by atoms with Crippen molar-refractivity contribution in [2.75, 3.05) is 45.5 Å². The van der Waals surface area contributed by atoms with Crippen LogP contribution in [0.2, 0.25) is 5.02 Å². The lowest BCUT2D eigenvalue weighted by Gasteiger charge is -2.42. The monoisotopic (exact) mass is 986 g/mol. The molecule has 1 unspecified atom stereocenters. The van der Waals surface area contributed by atoms with Crippen LogP contribution in [0.4, 0.5) is 10.5 Å². The average Bonchev–Trinajstić information content (AvgIpc) is 3.94. The number of aliphatic hydroxyl groups is 1. The molecule has 4 aliphatic heterocycles. The van der Waals surface area contributed by atoms with E-state index in [-0.39, 0.29) is 65.9 Å². The standard InChI is InChI=1S/C49H67ClN4O13S/c1-10-34(55)32-16-14-30(15-17-32)26-54-42(58)23-37(45(54)59)68-19-18-40(56)52(6)29(4)46(60)66-39-24-41(57)53(7)33-21-31(22-35(63-8)43(33)50)20-27(2)12-11-13-38(64-9)49(62)25-36(65-47(61)51-49)28(3)44-48(39,5)67-44/h11-13,21-22,28-30,32,36-39,44,62H,10,14-20,23-26H2,1-9H3,(H,51,61)/b13-11+,27-12+/t28-,29+,30?,32?,36+,37?,38-,39+,44+,48+,49+/m1/s1. The summed E-state index contributed by atoms with van der Waals surface area (Å²) < 4.78 is 29.4. The van der Waals surface area contributed by atoms with E-state index in [1.807, 2.05) is 19.9 Å². The molecule has 4 heterocycles. The molecule has 1 aromatic carbocycles. The largest absolute Gasteiger partial charge is 0.495 e. The lowest BCUT2D eigenvalue weighted by molar-refractivity contribution is -0.162. The third-order valence-electron chi connectivity index (χ3n) is 14.5. The summed E-state index contributed by atoms with van der Waals surface area (Å²) in [6.45, 7) is 9.09. The predicted octanol–water partition coefficient (Wildman–Crippen LogP) is 5.55. The Kier molecular flexibility index (Phi) is 17.2. The van der Waals surface area contributed by atoms with Crippen molar-refractivity contribution >= 4 is 70.5 Å². The van der Waals surface area contributed by atoms with Crippen molar-refractivity contribution in [3.63, 3.8) is 0 Å². The number of nitrogens with zero attached hydrogens (tertiary/aromatic N) is 3. The van der Waals surface area contributed by atoms with Crippen LogP contribution in [0.1, 0.15) is 98.0 Å². The maximum atomic E-state index is 14.3. The van der Waals surface area contributed by atoms with Gasteiger partial charge >= 0.3 is 12.1 Å². The molecule has 2 N–H and O–H groups in total. The molecule has 68 heavy (non-hydrogen) atoms. The molecule has 6 rings (SSSR count). The molecule has 4 fully saturated rings. The fraction of sp³-hybridized carbons (Fsp3) is 0.653. The molecule has 0 aromatic heterocycles. The van der Waals surface area contributed by atoms with E-state index >= 15 is 0 Å². The maximum Gasteiger partial charge on any atom is 0.409 e. The van der Waals surface area contributed by atoms with Crippen LogP contribution in [-0.4, -0.2) is 144 Å². The van der Waals surface area contributed by atoms with Crippen LogP contribution in [0.3, 0.4) is 0 Å². The van der Waals surface area contributed by atoms with Gasteiger partial charge in [-0.3, -0.25) is 34.2 Å². The molecule has 374 valence electrons. The number of hydrogen-bond acceptors (Lipinski definition) is 14. The highest BCUT2D eigenvalue weighted by molar-refractivity contribution is 8.00. The summed E-state index contributed by atoms with van der Waals surface area (Å²) in [4.78, 5) is 97.3. The second-order valence-electron chi connectivity index (χ2n) is 19.1. The van der Waals surface area contributed by atoms with Crippen LogP contribution in [0.25, 0.3) is 0 Å². The van der Waals surface area contributed by atoms with Crippen molar-refractivity contribution in [3.05, 3.63) is 46.5 Å². The number of Topliss-reactive ketones (excluding diaryl/α,β-unsaturated/α-hetero) is 1. The minimum absolute atomic E-state index is 0.0288. The van der Waals surface area contributed by atoms with E-state index in [1.165, 1.54) is 54.7 Å². The Morgan fingerprint density at radius 1 is 1.09 bits per heavy atom. The zero-order valence-electron chi connectivity index (χ0n) is 40.5. The number of carbonyl (C=O) groups is 7. The van der Waals surface area contributed by atoms with Gasteiger partial charge in [0.15, 0.2) is 5.72 Å². The number of thioether (sulfide) groups is 1. The number of allylic oxidation sites excluding steroid dienone is 3. The quantitative estimate of drug-likeness (QED) is 0.141. The van der Waals surface area contributed by atoms with Gasteiger partial charge in [0.2, 0.25) is 23.6 Å². The van der Waals surface area contributed by atoms with Crippen molar-refractivity contribution in [2.45, 2.75) is 146 Å². The second-order valence-corrected chi connectivity index (χ2v) is 20.8. The number of anilines is 1. The van der Waals surface area contributed by atoms with Crippen molar-refractivity contribution in [1.29, 1.82) is 0 Å². The molecule has 1 aromatic rings. The number of nitrogens with one attached hydrogen (secondary N) is 1. The van der Waals surface area contributed by atoms with E-state index in [0.717, 1.165) is 36.8 Å². The summed E-state index contributed by atoms with van der Waals surface area (Å²) in [6.07, 6.45) is 4.15. The number of ether oxygens (including phenoxy) is 5. The molecule has 5 amide bonds. The Balaban J connectivity index is 1.15. The number of fused-ring (bicyclic) bond motifs is 5. The Morgan fingerprint density at radius 2 is 1.79 bits per heavy atom. The Bertz CT molecular complexity index is 2180. The second kappa shape index (κ2) is 22.1. The van der Waals surface area contributed by atoms with Gasteiger partial charge in [-0.05, 0) is 76.5 Å². The van der Waals surface area contributed by atoms with Crippen LogP contribution in [-0.2, 0) is 54.1 Å². The first-order valence-electron chi connectivity index (χ1n) is 23.5. The predicted molar refractivity (Wildman–Crippen MR) is 254 cm³/mol. The number of imide groups is 1. The molecule has 1 saturated carbocycles. The van der Waals surface area contributed by atoms with Gasteiger partial charge in [0.1, 0.15) is 46.5 Å². The Labute approximate surface area is 407 Å². The minimum Gasteiger partial charge on any atom is -0.495 e. The van der Waals surface area contributed by atoms with E-state index in [9.17, 15) is 38.7 Å². The molecule has 19 heteroatoms. The number of epoxide rings is 1. The summed E-state index contributed by atoms with van der Waals surface area (Å²) in [5.41, 5.74) is -1.13. The number of ketones is 1. The van der Waals surface area contributed by atoms with E-state index < -0.39 is 76.8 Å². The van der Waals surface area contributed by atoms with Gasteiger partial charge in [-0.2, -0.15) is 0 Å². The fourth-order valence-electron chi connectivity index (χ4n) is 9.87. The molecule has 0 radical (unpaired) electrons. The number of esters is 1. The number of alkyl carbamates (subject to hydrolysis) is 1. The van der Waals surface area contributed by atoms with E-state index in [0.29, 0.717) is 30.8 Å². The third-order valence-corrected chi connectivity index (χ3v) is 16.0. The summed E-state index contributed by atoms with van der Waals surface area (Å²) in [5.74, 6) is -1.73. The first kappa shape index (κ1) is 52.9. The zero-order valence-corrected chi connectivity index (χ0v) is 42.1. The summed E-state index contributed by atoms with van der Waals surface area (Å²) in [6, 6.07) is 2.43. The SMILES string of the molecule is CCC(=O)C1CCC(CN2C(=O)CC(SCCC(=O)N(C)[C@@H](C)C(=O)O[C@H]3CC(=O)N(C)c4cc(cc(OC)c4Cl)C/C(C)=C/C=C/[C@@H](OC)[C@@]4(O)C[C@H](OC(=O)N4)[C@@H](C)[C@@H]4O[C@@]34C)C2=O)CC1. The summed E-state index contributed by atoms with van der Waals surface area (Å²) >= 11 is 8.04. The van der Waals surface area contributed by atoms with Gasteiger partial charge in [-0.15, -0.1) is 11.8 Å². The van der Waals surface area contributed by atoms with E-state index in [2.05, 4.69) is 5.32 Å². The number of rotatable bonds is 13. The average molecular weight is 988 g/mol. The summed E-state index contributed by atoms with van der Waals surface area (Å²) in [5, 5.41) is 13.9. The van der Waals surface area contributed by atoms with Gasteiger partial charge in [0.25, 0.3) is 0 Å². The number of carbonyl (C=O) groups excluding carboxylic acids is 7. The molecule has 0 spiro atoms. The topological polar surface area (TPSA) is 211 Å². The maximum absolute atomic E-state index is 14.3. The molecular weight excluding hydrogens is 920 g/mol.